The third kappa shape index (κ3) is 3.57. The molecule has 3 rings (SSSR count). The number of nitrogens with zero attached hydrogens (tertiary/aromatic N) is 4. The number of para-hydroxylation sites is 1. The van der Waals surface area contributed by atoms with Crippen molar-refractivity contribution in [1.29, 1.82) is 0 Å². The maximum Gasteiger partial charge on any atom is 0.339 e. The molecule has 3 aromatic rings. The fraction of sp³-hybridized carbons (Fsp3) is 0.200. The summed E-state index contributed by atoms with van der Waals surface area (Å²) in [6.07, 6.45) is 1.52. The molecule has 0 fully saturated rings. The molecule has 0 saturated carbocycles. The van der Waals surface area contributed by atoms with Crippen LogP contribution in [0, 0.1) is 0 Å². The Morgan fingerprint density at radius 1 is 1.16 bits per heavy atom. The number of carboxylic acids is 1. The minimum absolute atomic E-state index is 0.182. The van der Waals surface area contributed by atoms with Crippen LogP contribution in [0.15, 0.2) is 40.2 Å². The molecule has 1 aromatic carbocycles. The minimum atomic E-state index is -0.975. The molecule has 25 heavy (non-hydrogen) atoms. The number of carboxylic acid groups (broad SMARTS) is 1. The molecule has 0 radical (unpaired) electrons. The quantitative estimate of drug-likeness (QED) is 0.576. The molecule has 132 valence electrons. The molecule has 0 unspecified atom stereocenters. The summed E-state index contributed by atoms with van der Waals surface area (Å²) < 4.78 is 8.84. The molecule has 0 bridgehead atoms. The van der Waals surface area contributed by atoms with Crippen LogP contribution < -0.4 is 14.3 Å². The van der Waals surface area contributed by atoms with E-state index in [1.165, 1.54) is 24.0 Å². The lowest BCUT2D eigenvalue weighted by Crippen LogP contribution is -2.37. The van der Waals surface area contributed by atoms with Crippen molar-refractivity contribution in [3.8, 4) is 5.75 Å². The van der Waals surface area contributed by atoms with E-state index in [0.717, 1.165) is 4.57 Å². The van der Waals surface area contributed by atoms with Crippen molar-refractivity contribution in [2.24, 2.45) is 21.1 Å². The lowest BCUT2D eigenvalue weighted by atomic mass is 10.2. The number of hydrogen-bond donors (Lipinski definition) is 1. The molecule has 9 nitrogen and oxygen atoms in total. The maximum atomic E-state index is 11.7. The van der Waals surface area contributed by atoms with Crippen LogP contribution in [-0.2, 0) is 21.1 Å². The van der Waals surface area contributed by atoms with E-state index < -0.39 is 5.97 Å². The molecule has 0 amide bonds. The molecule has 0 atom stereocenters. The smallest absolute Gasteiger partial charge is 0.339 e. The van der Waals surface area contributed by atoms with Crippen molar-refractivity contribution >= 4 is 40.1 Å². The van der Waals surface area contributed by atoms with E-state index in [9.17, 15) is 14.4 Å². The number of rotatable bonds is 2. The summed E-state index contributed by atoms with van der Waals surface area (Å²) in [7, 11) is 4.77. The topological polar surface area (TPSA) is 108 Å². The number of imidazole rings is 1. The average molecular weight is 458 g/mol. The van der Waals surface area contributed by atoms with Crippen molar-refractivity contribution in [3.05, 3.63) is 57.0 Å². The van der Waals surface area contributed by atoms with E-state index in [1.807, 2.05) is 0 Å². The van der Waals surface area contributed by atoms with Crippen molar-refractivity contribution in [1.82, 2.24) is 18.7 Å². The van der Waals surface area contributed by atoms with Gasteiger partial charge in [-0.1, -0.05) is 12.1 Å². The largest absolute Gasteiger partial charge is 0.478 e. The van der Waals surface area contributed by atoms with Crippen LogP contribution in [0.25, 0.3) is 11.2 Å². The highest BCUT2D eigenvalue weighted by Crippen LogP contribution is 2.19. The average Bonchev–Trinajstić information content (AvgIpc) is 3.00. The zero-order valence-corrected chi connectivity index (χ0v) is 15.8. The number of fused-ring (bicyclic) bond motifs is 1. The summed E-state index contributed by atoms with van der Waals surface area (Å²) in [5.41, 5.74) is 0.362. The first-order valence-electron chi connectivity index (χ1n) is 6.97. The van der Waals surface area contributed by atoms with Crippen LogP contribution in [0.1, 0.15) is 10.4 Å². The van der Waals surface area contributed by atoms with E-state index >= 15 is 0 Å². The van der Waals surface area contributed by atoms with Crippen molar-refractivity contribution in [3.63, 3.8) is 0 Å². The van der Waals surface area contributed by atoms with Gasteiger partial charge in [-0.3, -0.25) is 13.9 Å². The fourth-order valence-electron chi connectivity index (χ4n) is 2.18. The van der Waals surface area contributed by atoms with Gasteiger partial charge in [-0.15, -0.1) is 0 Å². The van der Waals surface area contributed by atoms with Gasteiger partial charge >= 0.3 is 11.7 Å². The second-order valence-electron chi connectivity index (χ2n) is 5.11. The van der Waals surface area contributed by atoms with Crippen molar-refractivity contribution < 1.29 is 13.0 Å². The molecule has 0 aliphatic heterocycles. The Hall–Kier alpha value is -2.63. The number of carbonyl (C=O) groups is 1. The Morgan fingerprint density at radius 3 is 2.36 bits per heavy atom. The van der Waals surface area contributed by atoms with Gasteiger partial charge in [-0.05, 0) is 12.1 Å². The summed E-state index contributed by atoms with van der Waals surface area (Å²) in [6.45, 7) is 0. The highest BCUT2D eigenvalue weighted by molar-refractivity contribution is 14.1. The molecule has 10 heteroatoms. The molecule has 0 saturated heterocycles. The second kappa shape index (κ2) is 7.51. The van der Waals surface area contributed by atoms with Gasteiger partial charge < -0.3 is 12.7 Å². The number of aryl methyl sites for hydroxylation is 2. The molecule has 2 heterocycles. The molecule has 0 aliphatic carbocycles. The lowest BCUT2D eigenvalue weighted by Gasteiger charge is -2.02. The number of benzene rings is 1. The van der Waals surface area contributed by atoms with Crippen molar-refractivity contribution in [2.45, 2.75) is 0 Å². The van der Waals surface area contributed by atoms with Gasteiger partial charge in [0.15, 0.2) is 34.2 Å². The molecule has 2 aromatic heterocycles. The van der Waals surface area contributed by atoms with Crippen LogP contribution in [-0.4, -0.2) is 29.8 Å². The molecular formula is C15H15IN4O5. The van der Waals surface area contributed by atoms with Crippen LogP contribution in [0.2, 0.25) is 0 Å². The predicted molar refractivity (Wildman–Crippen MR) is 99.2 cm³/mol. The van der Waals surface area contributed by atoms with Gasteiger partial charge in [-0.25, -0.2) is 14.6 Å². The van der Waals surface area contributed by atoms with Crippen LogP contribution >= 0.6 is 23.0 Å². The Labute approximate surface area is 155 Å². The first-order valence-corrected chi connectivity index (χ1v) is 7.85. The van der Waals surface area contributed by atoms with E-state index in [0.29, 0.717) is 16.9 Å². The third-order valence-electron chi connectivity index (χ3n) is 3.52. The van der Waals surface area contributed by atoms with E-state index in [-0.39, 0.29) is 16.8 Å². The molecule has 0 spiro atoms. The van der Waals surface area contributed by atoms with Gasteiger partial charge in [0, 0.05) is 21.1 Å². The molecular weight excluding hydrogens is 443 g/mol. The normalized spacial score (nSPS) is 10.2. The Kier molecular flexibility index (Phi) is 5.62. The first kappa shape index (κ1) is 18.7. The zero-order chi connectivity index (χ0) is 18.7. The third-order valence-corrected chi connectivity index (χ3v) is 3.99. The standard InChI is InChI=1S/C8H10N4O2.C7H5IO3/c1-10-4-9-6-5(10)7(13)12(3)8(14)11(6)2;8-11-6-4-2-1-3-5(6)7(9)10/h4H,1-3H3;1-4H,(H,9,10). The second-order valence-corrected chi connectivity index (χ2v) is 5.55. The predicted octanol–water partition coefficient (Wildman–Crippen LogP) is 1.08. The number of hydrogen-bond acceptors (Lipinski definition) is 5. The Morgan fingerprint density at radius 2 is 1.80 bits per heavy atom. The van der Waals surface area contributed by atoms with E-state index in [1.54, 1.807) is 59.9 Å². The Balaban J connectivity index is 0.000000186. The van der Waals surface area contributed by atoms with Gasteiger partial charge in [0.2, 0.25) is 0 Å². The summed E-state index contributed by atoms with van der Waals surface area (Å²) in [6, 6.07) is 6.48. The number of halogens is 1. The maximum absolute atomic E-state index is 11.7. The van der Waals surface area contributed by atoms with Gasteiger partial charge in [0.05, 0.1) is 6.33 Å². The van der Waals surface area contributed by atoms with Crippen LogP contribution in [0.5, 0.6) is 5.75 Å². The van der Waals surface area contributed by atoms with Gasteiger partial charge in [0.1, 0.15) is 11.3 Å². The SMILES string of the molecule is Cn1c(=O)c2c(ncn2C)n(C)c1=O.O=C(O)c1ccccc1OI. The highest BCUT2D eigenvalue weighted by Gasteiger charge is 2.11. The van der Waals surface area contributed by atoms with Crippen molar-refractivity contribution in [2.75, 3.05) is 0 Å². The zero-order valence-electron chi connectivity index (χ0n) is 13.6. The van der Waals surface area contributed by atoms with Gasteiger partial charge in [-0.2, -0.15) is 0 Å². The lowest BCUT2D eigenvalue weighted by molar-refractivity contribution is 0.0695. The summed E-state index contributed by atoms with van der Waals surface area (Å²) in [5, 5.41) is 8.61. The monoisotopic (exact) mass is 458 g/mol. The highest BCUT2D eigenvalue weighted by atomic mass is 127. The molecule has 1 N–H and O–H groups in total. The first-order chi connectivity index (χ1) is 11.8. The van der Waals surface area contributed by atoms with E-state index in [4.69, 9.17) is 8.17 Å². The number of aromatic carboxylic acids is 1. The summed E-state index contributed by atoms with van der Waals surface area (Å²) >= 11 is 1.65. The molecule has 0 aliphatic rings. The van der Waals surface area contributed by atoms with Crippen LogP contribution in [0.4, 0.5) is 0 Å². The van der Waals surface area contributed by atoms with Gasteiger partial charge in [0.25, 0.3) is 5.56 Å². The van der Waals surface area contributed by atoms with E-state index in [2.05, 4.69) is 4.98 Å². The number of aromatic nitrogens is 4. The Bertz CT molecular complexity index is 1050. The van der Waals surface area contributed by atoms with Crippen LogP contribution in [0.3, 0.4) is 0 Å². The summed E-state index contributed by atoms with van der Waals surface area (Å²) in [5.74, 6) is -0.599. The summed E-state index contributed by atoms with van der Waals surface area (Å²) in [4.78, 5) is 37.7. The fourth-order valence-corrected chi connectivity index (χ4v) is 2.57. The minimum Gasteiger partial charge on any atom is -0.478 e.